The molecule has 0 aliphatic carbocycles. The van der Waals surface area contributed by atoms with E-state index >= 15 is 0 Å². The summed E-state index contributed by atoms with van der Waals surface area (Å²) in [4.78, 5) is 23.6. The number of rotatable bonds is 3. The van der Waals surface area contributed by atoms with Crippen LogP contribution in [0.2, 0.25) is 0 Å². The zero-order chi connectivity index (χ0) is 13.9. The van der Waals surface area contributed by atoms with Gasteiger partial charge in [0, 0.05) is 24.9 Å². The molecule has 1 rings (SSSR count). The number of carbonyl (C=O) groups excluding carboxylic acids is 1. The van der Waals surface area contributed by atoms with Gasteiger partial charge in [-0.2, -0.15) is 0 Å². The van der Waals surface area contributed by atoms with E-state index in [0.717, 1.165) is 34.5 Å². The summed E-state index contributed by atoms with van der Waals surface area (Å²) in [5.41, 5.74) is 4.11. The van der Waals surface area contributed by atoms with Crippen molar-refractivity contribution in [3.63, 3.8) is 0 Å². The minimum Gasteiger partial charge on any atom is -0.478 e. The molecule has 0 fully saturated rings. The Kier molecular flexibility index (Phi) is 4.26. The van der Waals surface area contributed by atoms with E-state index in [-0.39, 0.29) is 5.91 Å². The van der Waals surface area contributed by atoms with Crippen LogP contribution >= 0.6 is 0 Å². The van der Waals surface area contributed by atoms with Gasteiger partial charge in [-0.15, -0.1) is 0 Å². The predicted octanol–water partition coefficient (Wildman–Crippen LogP) is 2.22. The minimum absolute atomic E-state index is 0.358. The van der Waals surface area contributed by atoms with E-state index in [4.69, 9.17) is 5.11 Å². The third-order valence-corrected chi connectivity index (χ3v) is 3.09. The number of aliphatic carboxylic acids is 1. The lowest BCUT2D eigenvalue weighted by Gasteiger charge is -2.20. The van der Waals surface area contributed by atoms with Gasteiger partial charge in [-0.1, -0.05) is 6.07 Å². The van der Waals surface area contributed by atoms with Crippen molar-refractivity contribution >= 4 is 17.6 Å². The van der Waals surface area contributed by atoms with Crippen molar-refractivity contribution in [2.24, 2.45) is 0 Å². The van der Waals surface area contributed by atoms with Gasteiger partial charge in [0.25, 0.3) is 5.91 Å². The number of anilines is 1. The molecule has 0 spiro atoms. The number of carbonyl (C=O) groups is 2. The van der Waals surface area contributed by atoms with Gasteiger partial charge in [-0.05, 0) is 43.5 Å². The maximum atomic E-state index is 11.8. The highest BCUT2D eigenvalue weighted by Crippen LogP contribution is 2.24. The van der Waals surface area contributed by atoms with Crippen LogP contribution in [0, 0.1) is 20.8 Å². The minimum atomic E-state index is -1.13. The smallest absolute Gasteiger partial charge is 0.328 e. The number of carboxylic acid groups (broad SMARTS) is 1. The van der Waals surface area contributed by atoms with Gasteiger partial charge in [0.05, 0.1) is 0 Å². The van der Waals surface area contributed by atoms with E-state index in [2.05, 4.69) is 0 Å². The van der Waals surface area contributed by atoms with Crippen molar-refractivity contribution in [3.8, 4) is 0 Å². The first-order valence-electron chi connectivity index (χ1n) is 5.60. The van der Waals surface area contributed by atoms with Gasteiger partial charge in [-0.25, -0.2) is 4.79 Å². The van der Waals surface area contributed by atoms with Crippen molar-refractivity contribution in [1.82, 2.24) is 0 Å². The molecule has 1 aromatic rings. The molecule has 4 nitrogen and oxygen atoms in total. The summed E-state index contributed by atoms with van der Waals surface area (Å²) >= 11 is 0. The van der Waals surface area contributed by atoms with Crippen LogP contribution in [0.1, 0.15) is 16.7 Å². The molecule has 96 valence electrons. The second-order valence-electron chi connectivity index (χ2n) is 4.22. The fourth-order valence-electron chi connectivity index (χ4n) is 1.68. The molecule has 4 heteroatoms. The number of likely N-dealkylation sites (N-methyl/N-ethyl adjacent to an activating group) is 1. The molecular weight excluding hydrogens is 230 g/mol. The van der Waals surface area contributed by atoms with Crippen molar-refractivity contribution < 1.29 is 14.7 Å². The largest absolute Gasteiger partial charge is 0.478 e. The van der Waals surface area contributed by atoms with Crippen LogP contribution in [0.25, 0.3) is 0 Å². The predicted molar refractivity (Wildman–Crippen MR) is 70.8 cm³/mol. The molecule has 0 aliphatic rings. The van der Waals surface area contributed by atoms with E-state index in [9.17, 15) is 9.59 Å². The molecular formula is C14H17NO3. The lowest BCUT2D eigenvalue weighted by atomic mass is 10.0. The molecule has 1 aromatic carbocycles. The number of hydrogen-bond acceptors (Lipinski definition) is 2. The Morgan fingerprint density at radius 1 is 1.11 bits per heavy atom. The zero-order valence-corrected chi connectivity index (χ0v) is 11.0. The van der Waals surface area contributed by atoms with Crippen LogP contribution < -0.4 is 4.90 Å². The average molecular weight is 247 g/mol. The summed E-state index contributed by atoms with van der Waals surface area (Å²) in [5.74, 6) is -1.49. The first-order valence-corrected chi connectivity index (χ1v) is 5.60. The molecule has 1 N–H and O–H groups in total. The second-order valence-corrected chi connectivity index (χ2v) is 4.22. The third kappa shape index (κ3) is 2.97. The number of benzene rings is 1. The van der Waals surface area contributed by atoms with Crippen molar-refractivity contribution in [2.75, 3.05) is 11.9 Å². The van der Waals surface area contributed by atoms with Gasteiger partial charge in [0.15, 0.2) is 0 Å². The highest BCUT2D eigenvalue weighted by atomic mass is 16.4. The number of hydrogen-bond donors (Lipinski definition) is 1. The Morgan fingerprint density at radius 3 is 2.28 bits per heavy atom. The van der Waals surface area contributed by atoms with Crippen LogP contribution in [0.3, 0.4) is 0 Å². The van der Waals surface area contributed by atoms with Gasteiger partial charge < -0.3 is 10.0 Å². The van der Waals surface area contributed by atoms with Crippen LogP contribution in [-0.4, -0.2) is 24.0 Å². The molecule has 0 unspecified atom stereocenters. The van der Waals surface area contributed by atoms with Gasteiger partial charge >= 0.3 is 5.97 Å². The Bertz CT molecular complexity index is 518. The van der Waals surface area contributed by atoms with Crippen LogP contribution in [0.4, 0.5) is 5.69 Å². The Hall–Kier alpha value is -2.10. The Balaban J connectivity index is 3.05. The van der Waals surface area contributed by atoms with Crippen molar-refractivity contribution in [3.05, 3.63) is 41.0 Å². The quantitative estimate of drug-likeness (QED) is 0.833. The molecule has 0 saturated heterocycles. The first-order chi connectivity index (χ1) is 8.34. The number of nitrogens with zero attached hydrogens (tertiary/aromatic N) is 1. The van der Waals surface area contributed by atoms with E-state index in [0.29, 0.717) is 0 Å². The summed E-state index contributed by atoms with van der Waals surface area (Å²) in [6, 6.07) is 3.81. The second kappa shape index (κ2) is 5.49. The SMILES string of the molecule is Cc1ccc(N(C)C(=O)/C=C/C(=O)O)c(C)c1C. The summed E-state index contributed by atoms with van der Waals surface area (Å²) < 4.78 is 0. The number of amides is 1. The molecule has 0 saturated carbocycles. The summed E-state index contributed by atoms with van der Waals surface area (Å²) in [6.07, 6.45) is 1.90. The molecule has 0 radical (unpaired) electrons. The Morgan fingerprint density at radius 2 is 1.72 bits per heavy atom. The first kappa shape index (κ1) is 14.0. The molecule has 1 amide bonds. The fourth-order valence-corrected chi connectivity index (χ4v) is 1.68. The number of aryl methyl sites for hydroxylation is 1. The summed E-state index contributed by atoms with van der Waals surface area (Å²) in [6.45, 7) is 5.96. The highest BCUT2D eigenvalue weighted by molar-refractivity contribution is 6.04. The fraction of sp³-hybridized carbons (Fsp3) is 0.286. The monoisotopic (exact) mass is 247 g/mol. The molecule has 18 heavy (non-hydrogen) atoms. The molecule has 0 bridgehead atoms. The maximum Gasteiger partial charge on any atom is 0.328 e. The average Bonchev–Trinajstić information content (AvgIpc) is 2.32. The highest BCUT2D eigenvalue weighted by Gasteiger charge is 2.12. The van der Waals surface area contributed by atoms with Gasteiger partial charge in [0.2, 0.25) is 0 Å². The molecule has 0 aliphatic heterocycles. The lowest BCUT2D eigenvalue weighted by Crippen LogP contribution is -2.25. The van der Waals surface area contributed by atoms with Gasteiger partial charge in [-0.3, -0.25) is 4.79 Å². The summed E-state index contributed by atoms with van der Waals surface area (Å²) in [7, 11) is 1.63. The van der Waals surface area contributed by atoms with Crippen molar-refractivity contribution in [1.29, 1.82) is 0 Å². The topological polar surface area (TPSA) is 57.6 Å². The Labute approximate surface area is 107 Å². The molecule has 0 heterocycles. The van der Waals surface area contributed by atoms with E-state index in [1.165, 1.54) is 4.90 Å². The van der Waals surface area contributed by atoms with Gasteiger partial charge in [0.1, 0.15) is 0 Å². The van der Waals surface area contributed by atoms with Crippen LogP contribution in [-0.2, 0) is 9.59 Å². The lowest BCUT2D eigenvalue weighted by molar-refractivity contribution is -0.131. The van der Waals surface area contributed by atoms with Crippen molar-refractivity contribution in [2.45, 2.75) is 20.8 Å². The normalized spacial score (nSPS) is 10.7. The third-order valence-electron chi connectivity index (χ3n) is 3.09. The van der Waals surface area contributed by atoms with E-state index in [1.807, 2.05) is 32.9 Å². The van der Waals surface area contributed by atoms with Crippen LogP contribution in [0.15, 0.2) is 24.3 Å². The van der Waals surface area contributed by atoms with Crippen LogP contribution in [0.5, 0.6) is 0 Å². The number of carboxylic acids is 1. The standard InChI is InChI=1S/C14H17NO3/c1-9-5-6-12(11(3)10(9)2)15(4)13(16)7-8-14(17)18/h5-8H,1-4H3,(H,17,18)/b8-7+. The maximum absolute atomic E-state index is 11.8. The molecule has 0 aromatic heterocycles. The molecule has 0 atom stereocenters. The van der Waals surface area contributed by atoms with E-state index in [1.54, 1.807) is 7.05 Å². The summed E-state index contributed by atoms with van der Waals surface area (Å²) in [5, 5.41) is 8.49. The van der Waals surface area contributed by atoms with E-state index < -0.39 is 5.97 Å². The zero-order valence-electron chi connectivity index (χ0n) is 11.0.